The first-order valence-electron chi connectivity index (χ1n) is 4.02. The third-order valence-corrected chi connectivity index (χ3v) is 2.35. The number of hydrogen-bond donors (Lipinski definition) is 2. The zero-order chi connectivity index (χ0) is 8.81. The Morgan fingerprint density at radius 2 is 2.46 bits per heavy atom. The van der Waals surface area contributed by atoms with Crippen LogP contribution >= 0.6 is 28.7 Å². The summed E-state index contributed by atoms with van der Waals surface area (Å²) in [6, 6.07) is 0. The minimum atomic E-state index is 0. The van der Waals surface area contributed by atoms with E-state index in [1.54, 1.807) is 11.8 Å². The average Bonchev–Trinajstić information content (AvgIpc) is 2.15. The van der Waals surface area contributed by atoms with Crippen molar-refractivity contribution in [3.05, 3.63) is 0 Å². The third kappa shape index (κ3) is 4.85. The highest BCUT2D eigenvalue weighted by Crippen LogP contribution is 2.02. The number of aliphatic hydroxyl groups is 1. The van der Waals surface area contributed by atoms with E-state index in [1.807, 2.05) is 6.26 Å². The predicted molar refractivity (Wildman–Crippen MR) is 62.6 cm³/mol. The van der Waals surface area contributed by atoms with Crippen molar-refractivity contribution in [2.24, 2.45) is 4.99 Å². The largest absolute Gasteiger partial charge is 0.396 e. The number of rotatable bonds is 3. The van der Waals surface area contributed by atoms with Gasteiger partial charge in [-0.2, -0.15) is 0 Å². The molecule has 0 aliphatic carbocycles. The van der Waals surface area contributed by atoms with Crippen molar-refractivity contribution < 1.29 is 5.11 Å². The second-order valence-corrected chi connectivity index (χ2v) is 3.41. The Morgan fingerprint density at radius 1 is 1.69 bits per heavy atom. The van der Waals surface area contributed by atoms with Gasteiger partial charge in [0.25, 0.3) is 0 Å². The summed E-state index contributed by atoms with van der Waals surface area (Å²) in [6.07, 6.45) is 2.83. The van der Waals surface area contributed by atoms with Crippen LogP contribution in [0.2, 0.25) is 0 Å². The first kappa shape index (κ1) is 13.2. The summed E-state index contributed by atoms with van der Waals surface area (Å²) < 4.78 is 0. The van der Waals surface area contributed by atoms with Gasteiger partial charge in [0, 0.05) is 13.2 Å². The second-order valence-electron chi connectivity index (χ2n) is 2.62. The van der Waals surface area contributed by atoms with Crippen molar-refractivity contribution in [2.45, 2.75) is 6.42 Å². The van der Waals surface area contributed by atoms with E-state index >= 15 is 0 Å². The maximum atomic E-state index is 8.61. The van der Waals surface area contributed by atoms with Crippen molar-refractivity contribution in [1.82, 2.24) is 10.2 Å². The summed E-state index contributed by atoms with van der Waals surface area (Å²) in [6.45, 7) is 2.77. The first-order valence-corrected chi connectivity index (χ1v) is 5.25. The fraction of sp³-hybridized carbons (Fsp3) is 0.857. The SMILES string of the molecule is Br.CSC1=NCN(CCCO)CN1. The lowest BCUT2D eigenvalue weighted by atomic mass is 10.4. The predicted octanol–water partition coefficient (Wildman–Crippen LogP) is 0.486. The Balaban J connectivity index is 0.00000144. The molecular formula is C7H16BrN3OS. The van der Waals surface area contributed by atoms with Gasteiger partial charge in [-0.1, -0.05) is 11.8 Å². The molecule has 0 amide bonds. The van der Waals surface area contributed by atoms with Crippen molar-refractivity contribution in [1.29, 1.82) is 0 Å². The maximum Gasteiger partial charge on any atom is 0.158 e. The van der Waals surface area contributed by atoms with Crippen LogP contribution in [0.1, 0.15) is 6.42 Å². The number of nitrogens with one attached hydrogen (secondary N) is 1. The van der Waals surface area contributed by atoms with Crippen molar-refractivity contribution in [2.75, 3.05) is 32.7 Å². The van der Waals surface area contributed by atoms with Gasteiger partial charge in [-0.25, -0.2) is 4.99 Å². The van der Waals surface area contributed by atoms with E-state index in [0.717, 1.165) is 31.5 Å². The molecule has 13 heavy (non-hydrogen) atoms. The van der Waals surface area contributed by atoms with Crippen molar-refractivity contribution in [3.63, 3.8) is 0 Å². The summed E-state index contributed by atoms with van der Waals surface area (Å²) >= 11 is 1.63. The highest BCUT2D eigenvalue weighted by atomic mass is 79.9. The summed E-state index contributed by atoms with van der Waals surface area (Å²) in [5.74, 6) is 0. The molecule has 0 spiro atoms. The summed E-state index contributed by atoms with van der Waals surface area (Å²) in [5, 5.41) is 12.8. The van der Waals surface area contributed by atoms with E-state index in [-0.39, 0.29) is 23.6 Å². The molecule has 1 rings (SSSR count). The number of aliphatic hydroxyl groups excluding tert-OH is 1. The number of amidine groups is 1. The zero-order valence-electron chi connectivity index (χ0n) is 7.69. The molecule has 1 heterocycles. The van der Waals surface area contributed by atoms with Crippen molar-refractivity contribution in [3.8, 4) is 0 Å². The van der Waals surface area contributed by atoms with E-state index in [0.29, 0.717) is 0 Å². The van der Waals surface area contributed by atoms with Gasteiger partial charge in [-0.15, -0.1) is 17.0 Å². The van der Waals surface area contributed by atoms with Crippen LogP contribution in [0.4, 0.5) is 0 Å². The van der Waals surface area contributed by atoms with E-state index in [1.165, 1.54) is 0 Å². The van der Waals surface area contributed by atoms with Crippen LogP contribution < -0.4 is 5.32 Å². The number of aliphatic imine (C=N–C) groups is 1. The molecular weight excluding hydrogens is 254 g/mol. The molecule has 0 bridgehead atoms. The van der Waals surface area contributed by atoms with Crippen LogP contribution in [-0.4, -0.2) is 47.9 Å². The monoisotopic (exact) mass is 269 g/mol. The molecule has 1 aliphatic heterocycles. The highest BCUT2D eigenvalue weighted by Gasteiger charge is 2.09. The summed E-state index contributed by atoms with van der Waals surface area (Å²) in [4.78, 5) is 6.46. The Hall–Kier alpha value is 0.220. The smallest absolute Gasteiger partial charge is 0.158 e. The maximum absolute atomic E-state index is 8.61. The fourth-order valence-electron chi connectivity index (χ4n) is 1.03. The number of nitrogens with zero attached hydrogens (tertiary/aromatic N) is 2. The summed E-state index contributed by atoms with van der Waals surface area (Å²) in [5.41, 5.74) is 0. The Labute approximate surface area is 93.6 Å². The molecule has 4 nitrogen and oxygen atoms in total. The Bertz CT molecular complexity index is 168. The van der Waals surface area contributed by atoms with Crippen LogP contribution in [0.3, 0.4) is 0 Å². The third-order valence-electron chi connectivity index (χ3n) is 1.69. The molecule has 0 unspecified atom stereocenters. The molecule has 0 aromatic carbocycles. The Morgan fingerprint density at radius 3 is 2.92 bits per heavy atom. The Kier molecular flexibility index (Phi) is 7.74. The molecule has 78 valence electrons. The van der Waals surface area contributed by atoms with E-state index in [4.69, 9.17) is 5.11 Å². The van der Waals surface area contributed by atoms with Gasteiger partial charge in [0.05, 0.1) is 13.3 Å². The van der Waals surface area contributed by atoms with Gasteiger partial charge in [0.15, 0.2) is 5.17 Å². The number of halogens is 1. The van der Waals surface area contributed by atoms with Crippen LogP contribution in [0.15, 0.2) is 4.99 Å². The quantitative estimate of drug-likeness (QED) is 0.783. The molecule has 0 saturated carbocycles. The van der Waals surface area contributed by atoms with Gasteiger partial charge in [0.1, 0.15) is 0 Å². The average molecular weight is 270 g/mol. The molecule has 1 aliphatic rings. The lowest BCUT2D eigenvalue weighted by Crippen LogP contribution is -2.42. The van der Waals surface area contributed by atoms with Gasteiger partial charge >= 0.3 is 0 Å². The molecule has 0 radical (unpaired) electrons. The van der Waals surface area contributed by atoms with E-state index in [2.05, 4.69) is 15.2 Å². The van der Waals surface area contributed by atoms with Gasteiger partial charge < -0.3 is 10.4 Å². The summed E-state index contributed by atoms with van der Waals surface area (Å²) in [7, 11) is 0. The first-order chi connectivity index (χ1) is 5.86. The minimum absolute atomic E-state index is 0. The molecule has 0 aromatic heterocycles. The van der Waals surface area contributed by atoms with Gasteiger partial charge in [0.2, 0.25) is 0 Å². The molecule has 0 fully saturated rings. The normalized spacial score (nSPS) is 17.2. The zero-order valence-corrected chi connectivity index (χ0v) is 10.2. The fourth-order valence-corrected chi connectivity index (χ4v) is 1.43. The van der Waals surface area contributed by atoms with Crippen LogP contribution in [0.5, 0.6) is 0 Å². The highest BCUT2D eigenvalue weighted by molar-refractivity contribution is 8.93. The second kappa shape index (κ2) is 7.61. The van der Waals surface area contributed by atoms with Gasteiger partial charge in [-0.3, -0.25) is 4.90 Å². The lowest BCUT2D eigenvalue weighted by molar-refractivity contribution is 0.220. The molecule has 0 aromatic rings. The van der Waals surface area contributed by atoms with Crippen LogP contribution in [0, 0.1) is 0 Å². The molecule has 0 atom stereocenters. The molecule has 6 heteroatoms. The van der Waals surface area contributed by atoms with Crippen molar-refractivity contribution >= 4 is 33.9 Å². The van der Waals surface area contributed by atoms with Crippen LogP contribution in [-0.2, 0) is 0 Å². The topological polar surface area (TPSA) is 47.9 Å². The number of hydrogen-bond acceptors (Lipinski definition) is 5. The molecule has 2 N–H and O–H groups in total. The van der Waals surface area contributed by atoms with E-state index < -0.39 is 0 Å². The molecule has 0 saturated heterocycles. The number of thioether (sulfide) groups is 1. The van der Waals surface area contributed by atoms with E-state index in [9.17, 15) is 0 Å². The standard InChI is InChI=1S/C7H15N3OS.BrH/c1-12-7-8-5-10(6-9-7)3-2-4-11;/h11H,2-6H2,1H3,(H,8,9);1H. The lowest BCUT2D eigenvalue weighted by Gasteiger charge is -2.25. The minimum Gasteiger partial charge on any atom is -0.396 e. The van der Waals surface area contributed by atoms with Crippen LogP contribution in [0.25, 0.3) is 0 Å². The van der Waals surface area contributed by atoms with Gasteiger partial charge in [-0.05, 0) is 12.7 Å².